The Bertz CT molecular complexity index is 1140. The van der Waals surface area contributed by atoms with Crippen LogP contribution in [0.15, 0.2) is 108 Å². The Morgan fingerprint density at radius 1 is 0.800 bits per heavy atom. The SMILES string of the molecule is C=C(C)C1CC=C(C)CC1.C=C(C)C1CCC(C)/C(=C/C(=O)c2ccccc2)C1.CC(=O)c1ccccc1.CO. The molecular weight excluding hydrogens is 492 g/mol. The van der Waals surface area contributed by atoms with Gasteiger partial charge < -0.3 is 5.11 Å². The maximum absolute atomic E-state index is 12.2. The molecule has 1 N–H and O–H groups in total. The minimum atomic E-state index is 0.121. The van der Waals surface area contributed by atoms with E-state index in [1.54, 1.807) is 12.5 Å². The van der Waals surface area contributed by atoms with Crippen LogP contribution in [-0.4, -0.2) is 23.8 Å². The summed E-state index contributed by atoms with van der Waals surface area (Å²) < 4.78 is 0. The summed E-state index contributed by atoms with van der Waals surface area (Å²) in [5, 5.41) is 7.00. The lowest BCUT2D eigenvalue weighted by Gasteiger charge is -2.29. The lowest BCUT2D eigenvalue weighted by molar-refractivity contribution is 0.101. The second-order valence-electron chi connectivity index (χ2n) is 11.0. The van der Waals surface area contributed by atoms with E-state index >= 15 is 0 Å². The van der Waals surface area contributed by atoms with Crippen LogP contribution in [0, 0.1) is 17.8 Å². The number of aliphatic hydroxyl groups excluding tert-OH is 1. The summed E-state index contributed by atoms with van der Waals surface area (Å²) in [6.07, 6.45) is 11.4. The molecule has 0 heterocycles. The molecule has 1 fully saturated rings. The molecule has 2 aliphatic rings. The average Bonchev–Trinajstić information content (AvgIpc) is 2.97. The fourth-order valence-electron chi connectivity index (χ4n) is 4.79. The Morgan fingerprint density at radius 3 is 1.75 bits per heavy atom. The van der Waals surface area contributed by atoms with Crippen molar-refractivity contribution >= 4 is 11.6 Å². The quantitative estimate of drug-likeness (QED) is 0.232. The van der Waals surface area contributed by atoms with Crippen molar-refractivity contribution in [2.24, 2.45) is 17.8 Å². The summed E-state index contributed by atoms with van der Waals surface area (Å²) >= 11 is 0. The van der Waals surface area contributed by atoms with E-state index in [9.17, 15) is 9.59 Å². The lowest BCUT2D eigenvalue weighted by Crippen LogP contribution is -2.17. The first-order valence-electron chi connectivity index (χ1n) is 14.3. The first-order chi connectivity index (χ1) is 19.1. The normalized spacial score (nSPS) is 20.6. The van der Waals surface area contributed by atoms with Gasteiger partial charge in [0.25, 0.3) is 0 Å². The van der Waals surface area contributed by atoms with E-state index in [-0.39, 0.29) is 11.6 Å². The molecule has 1 saturated carbocycles. The van der Waals surface area contributed by atoms with Crippen molar-refractivity contribution in [2.45, 2.75) is 73.1 Å². The van der Waals surface area contributed by atoms with Gasteiger partial charge in [0.1, 0.15) is 0 Å². The van der Waals surface area contributed by atoms with Crippen LogP contribution in [0.25, 0.3) is 0 Å². The smallest absolute Gasteiger partial charge is 0.185 e. The summed E-state index contributed by atoms with van der Waals surface area (Å²) in [7, 11) is 1.00. The summed E-state index contributed by atoms with van der Waals surface area (Å²) in [5.41, 5.74) is 6.98. The fraction of sp³-hybridized carbons (Fsp3) is 0.405. The van der Waals surface area contributed by atoms with Gasteiger partial charge in [0.2, 0.25) is 0 Å². The molecule has 0 aromatic heterocycles. The van der Waals surface area contributed by atoms with E-state index < -0.39 is 0 Å². The maximum atomic E-state index is 12.2. The standard InChI is InChI=1S/C18H22O.C10H16.C8H8O.CH4O/c1-13(2)16-10-9-14(3)17(11-16)12-18(19)15-7-5-4-6-8-15;1-8(2)10-6-4-9(3)5-7-10;1-7(9)8-5-3-2-4-6-8;1-2/h4-8,12,14,16H,1,9-11H2,2-3H3;4,10H,1,5-7H2,2-3H3;2-6H,1H3;2H,1H3/b17-12+;;;. The molecule has 2 aromatic carbocycles. The van der Waals surface area contributed by atoms with Crippen LogP contribution in [-0.2, 0) is 0 Å². The Morgan fingerprint density at radius 2 is 1.32 bits per heavy atom. The highest BCUT2D eigenvalue weighted by Gasteiger charge is 2.23. The number of allylic oxidation sites excluding steroid dienone is 6. The maximum Gasteiger partial charge on any atom is 0.185 e. The highest BCUT2D eigenvalue weighted by atomic mass is 16.2. The fourth-order valence-corrected chi connectivity index (χ4v) is 4.79. The number of aliphatic hydroxyl groups is 1. The highest BCUT2D eigenvalue weighted by molar-refractivity contribution is 6.04. The van der Waals surface area contributed by atoms with Crippen LogP contribution in [0.2, 0.25) is 0 Å². The summed E-state index contributed by atoms with van der Waals surface area (Å²) in [4.78, 5) is 22.9. The molecule has 40 heavy (non-hydrogen) atoms. The minimum absolute atomic E-state index is 0.121. The van der Waals surface area contributed by atoms with E-state index in [2.05, 4.69) is 46.9 Å². The number of hydrogen-bond donors (Lipinski definition) is 1. The molecule has 216 valence electrons. The zero-order chi connectivity index (χ0) is 30.1. The van der Waals surface area contributed by atoms with Gasteiger partial charge in [-0.25, -0.2) is 0 Å². The Balaban J connectivity index is 0.000000320. The van der Waals surface area contributed by atoms with Crippen LogP contribution in [0.5, 0.6) is 0 Å². The van der Waals surface area contributed by atoms with Crippen molar-refractivity contribution in [3.05, 3.63) is 119 Å². The topological polar surface area (TPSA) is 54.4 Å². The molecule has 2 aliphatic carbocycles. The van der Waals surface area contributed by atoms with Crippen molar-refractivity contribution in [3.63, 3.8) is 0 Å². The molecule has 0 saturated heterocycles. The summed E-state index contributed by atoms with van der Waals surface area (Å²) in [5.74, 6) is 2.08. The number of carbonyl (C=O) groups is 2. The molecule has 4 rings (SSSR count). The number of carbonyl (C=O) groups excluding carboxylic acids is 2. The van der Waals surface area contributed by atoms with E-state index in [4.69, 9.17) is 5.11 Å². The van der Waals surface area contributed by atoms with Crippen molar-refractivity contribution in [2.75, 3.05) is 7.11 Å². The third-order valence-electron chi connectivity index (χ3n) is 7.65. The molecule has 3 unspecified atom stereocenters. The van der Waals surface area contributed by atoms with Crippen molar-refractivity contribution < 1.29 is 14.7 Å². The average molecular weight is 543 g/mol. The Labute approximate surface area is 243 Å². The monoisotopic (exact) mass is 542 g/mol. The first-order valence-corrected chi connectivity index (χ1v) is 14.3. The number of Topliss-reactive ketones (excluding diaryl/α,β-unsaturated/α-hetero) is 1. The van der Waals surface area contributed by atoms with Crippen molar-refractivity contribution in [1.82, 2.24) is 0 Å². The zero-order valence-electron chi connectivity index (χ0n) is 25.6. The molecule has 0 spiro atoms. The van der Waals surface area contributed by atoms with Crippen LogP contribution in [0.3, 0.4) is 0 Å². The second-order valence-corrected chi connectivity index (χ2v) is 11.0. The van der Waals surface area contributed by atoms with E-state index in [0.717, 1.165) is 37.0 Å². The lowest BCUT2D eigenvalue weighted by atomic mass is 9.76. The summed E-state index contributed by atoms with van der Waals surface area (Å²) in [6, 6.07) is 18.7. The van der Waals surface area contributed by atoms with Gasteiger partial charge in [0, 0.05) is 18.2 Å². The Hall–Kier alpha value is -3.30. The molecule has 3 heteroatoms. The van der Waals surface area contributed by atoms with Gasteiger partial charge >= 0.3 is 0 Å². The summed E-state index contributed by atoms with van der Waals surface area (Å²) in [6.45, 7) is 18.3. The number of hydrogen-bond acceptors (Lipinski definition) is 3. The van der Waals surface area contributed by atoms with Crippen molar-refractivity contribution in [3.8, 4) is 0 Å². The molecule has 0 radical (unpaired) electrons. The highest BCUT2D eigenvalue weighted by Crippen LogP contribution is 2.36. The van der Waals surface area contributed by atoms with Gasteiger partial charge in [-0.1, -0.05) is 109 Å². The number of benzene rings is 2. The van der Waals surface area contributed by atoms with E-state index in [0.29, 0.717) is 11.8 Å². The molecule has 3 nitrogen and oxygen atoms in total. The third-order valence-corrected chi connectivity index (χ3v) is 7.65. The van der Waals surface area contributed by atoms with Crippen LogP contribution < -0.4 is 0 Å². The van der Waals surface area contributed by atoms with Crippen LogP contribution >= 0.6 is 0 Å². The third kappa shape index (κ3) is 12.7. The predicted molar refractivity (Wildman–Crippen MR) is 171 cm³/mol. The largest absolute Gasteiger partial charge is 0.400 e. The van der Waals surface area contributed by atoms with Gasteiger partial charge in [0.15, 0.2) is 11.6 Å². The zero-order valence-corrected chi connectivity index (χ0v) is 25.6. The molecular formula is C37H50O3. The van der Waals surface area contributed by atoms with Gasteiger partial charge in [-0.15, -0.1) is 0 Å². The molecule has 0 bridgehead atoms. The van der Waals surface area contributed by atoms with Crippen LogP contribution in [0.1, 0.15) is 93.9 Å². The van der Waals surface area contributed by atoms with Gasteiger partial charge in [-0.3, -0.25) is 9.59 Å². The number of ketones is 2. The van der Waals surface area contributed by atoms with Gasteiger partial charge in [0.05, 0.1) is 0 Å². The van der Waals surface area contributed by atoms with E-state index in [1.165, 1.54) is 42.4 Å². The molecule has 2 aromatic rings. The predicted octanol–water partition coefficient (Wildman–Crippen LogP) is 9.61. The van der Waals surface area contributed by atoms with Crippen molar-refractivity contribution in [1.29, 1.82) is 0 Å². The van der Waals surface area contributed by atoms with Gasteiger partial charge in [-0.2, -0.15) is 0 Å². The minimum Gasteiger partial charge on any atom is -0.400 e. The van der Waals surface area contributed by atoms with Gasteiger partial charge in [-0.05, 0) is 90.0 Å². The molecule has 3 atom stereocenters. The number of rotatable bonds is 5. The second kappa shape index (κ2) is 18.9. The van der Waals surface area contributed by atoms with Crippen LogP contribution in [0.4, 0.5) is 0 Å². The molecule has 0 aliphatic heterocycles. The Kier molecular flexibility index (Phi) is 16.4. The van der Waals surface area contributed by atoms with E-state index in [1.807, 2.05) is 66.7 Å². The first kappa shape index (κ1) is 34.7. The molecule has 0 amide bonds.